The molecule has 0 bridgehead atoms. The van der Waals surface area contributed by atoms with Gasteiger partial charge in [0.2, 0.25) is 0 Å². The van der Waals surface area contributed by atoms with Gasteiger partial charge in [-0.15, -0.1) is 0 Å². The summed E-state index contributed by atoms with van der Waals surface area (Å²) in [6.45, 7) is 0.693. The highest BCUT2D eigenvalue weighted by Crippen LogP contribution is 2.32. The number of nitrogens with one attached hydrogen (secondary N) is 1. The van der Waals surface area contributed by atoms with Crippen molar-refractivity contribution < 1.29 is 4.57 Å². The summed E-state index contributed by atoms with van der Waals surface area (Å²) in [5.41, 5.74) is 6.97. The molecule has 1 unspecified atom stereocenters. The lowest BCUT2D eigenvalue weighted by atomic mass is 10.1. The fraction of sp³-hybridized carbons (Fsp3) is 0.500. The summed E-state index contributed by atoms with van der Waals surface area (Å²) < 4.78 is 13.3. The maximum Gasteiger partial charge on any atom is 0.278 e. The number of aryl methyl sites for hydroxylation is 1. The zero-order valence-corrected chi connectivity index (χ0v) is 11.5. The maximum atomic E-state index is 11.7. The van der Waals surface area contributed by atoms with Gasteiger partial charge in [0.25, 0.3) is 7.59 Å². The highest BCUT2D eigenvalue weighted by Gasteiger charge is 2.16. The van der Waals surface area contributed by atoms with Crippen molar-refractivity contribution >= 4 is 7.59 Å². The third kappa shape index (κ3) is 5.46. The fourth-order valence-electron chi connectivity index (χ4n) is 1.48. The number of hydrogen-bond acceptors (Lipinski definition) is 1. The Morgan fingerprint density at radius 3 is 2.47 bits per heavy atom. The molecule has 3 N–H and O–H groups in total. The topological polar surface area (TPSA) is 58.4 Å². The van der Waals surface area contributed by atoms with Crippen LogP contribution < -0.4 is 10.6 Å². The number of benzene rings is 1. The van der Waals surface area contributed by atoms with E-state index in [1.54, 1.807) is 18.8 Å². The normalized spacial score (nSPS) is 14.8. The van der Waals surface area contributed by atoms with Gasteiger partial charge in [0, 0.05) is 6.54 Å². The second kappa shape index (κ2) is 6.92. The summed E-state index contributed by atoms with van der Waals surface area (Å²) >= 11 is 0. The quantitative estimate of drug-likeness (QED) is 0.579. The lowest BCUT2D eigenvalue weighted by molar-refractivity contribution is 0.499. The smallest absolute Gasteiger partial charge is 0.271 e. The van der Waals surface area contributed by atoms with E-state index in [1.807, 2.05) is 18.2 Å². The van der Waals surface area contributed by atoms with Crippen LogP contribution in [-0.4, -0.2) is 25.3 Å². The van der Waals surface area contributed by atoms with Crippen molar-refractivity contribution in [2.45, 2.75) is 19.3 Å². The molecule has 0 aliphatic carbocycles. The first-order valence-electron chi connectivity index (χ1n) is 5.88. The Kier molecular flexibility index (Phi) is 5.86. The molecule has 17 heavy (non-hydrogen) atoms. The molecule has 0 amide bonds. The van der Waals surface area contributed by atoms with E-state index in [0.717, 1.165) is 19.3 Å². The van der Waals surface area contributed by atoms with Gasteiger partial charge in [0.15, 0.2) is 0 Å². The number of unbranched alkanes of at least 4 members (excludes halogenated alkanes) is 1. The molecule has 0 saturated heterocycles. The van der Waals surface area contributed by atoms with Crippen LogP contribution in [0.15, 0.2) is 30.3 Å². The minimum Gasteiger partial charge on any atom is -0.271 e. The highest BCUT2D eigenvalue weighted by atomic mass is 31.2. The van der Waals surface area contributed by atoms with Crippen LogP contribution in [0, 0.1) is 0 Å². The van der Waals surface area contributed by atoms with Crippen LogP contribution in [0.1, 0.15) is 18.4 Å². The van der Waals surface area contributed by atoms with Gasteiger partial charge in [-0.1, -0.05) is 30.3 Å². The molecule has 0 spiro atoms. The van der Waals surface area contributed by atoms with Crippen LogP contribution in [0.3, 0.4) is 0 Å². The SMILES string of the molecule is CN(C)P(N)(=O)NCCCCc1ccccc1. The van der Waals surface area contributed by atoms with Gasteiger partial charge in [-0.2, -0.15) is 0 Å². The Balaban J connectivity index is 2.16. The van der Waals surface area contributed by atoms with Crippen LogP contribution in [0.5, 0.6) is 0 Å². The van der Waals surface area contributed by atoms with Gasteiger partial charge < -0.3 is 0 Å². The molecular formula is C12H22N3OP. The van der Waals surface area contributed by atoms with Crippen molar-refractivity contribution in [3.63, 3.8) is 0 Å². The molecule has 4 nitrogen and oxygen atoms in total. The molecule has 0 aliphatic heterocycles. The van der Waals surface area contributed by atoms with Gasteiger partial charge in [0.05, 0.1) is 0 Å². The van der Waals surface area contributed by atoms with E-state index in [1.165, 1.54) is 5.56 Å². The Hall–Kier alpha value is -0.670. The Morgan fingerprint density at radius 2 is 1.88 bits per heavy atom. The Bertz CT molecular complexity index is 367. The monoisotopic (exact) mass is 255 g/mol. The summed E-state index contributed by atoms with van der Waals surface area (Å²) in [6.07, 6.45) is 3.10. The van der Waals surface area contributed by atoms with E-state index in [-0.39, 0.29) is 0 Å². The molecule has 0 radical (unpaired) electrons. The molecule has 5 heteroatoms. The zero-order valence-electron chi connectivity index (χ0n) is 10.6. The van der Waals surface area contributed by atoms with Gasteiger partial charge in [-0.3, -0.25) is 10.1 Å². The molecule has 1 aromatic rings. The standard InChI is InChI=1S/C12H22N3OP/c1-15(2)17(13,16)14-11-7-6-10-12-8-4-3-5-9-12/h3-5,8-9H,6-7,10-11H2,1-2H3,(H3,13,14,16). The van der Waals surface area contributed by atoms with Crippen LogP contribution in [0.25, 0.3) is 0 Å². The second-order valence-corrected chi connectivity index (χ2v) is 6.68. The van der Waals surface area contributed by atoms with Gasteiger partial charge in [-0.05, 0) is 38.9 Å². The summed E-state index contributed by atoms with van der Waals surface area (Å²) in [6, 6.07) is 10.4. The van der Waals surface area contributed by atoms with Gasteiger partial charge in [-0.25, -0.2) is 9.76 Å². The summed E-state index contributed by atoms with van der Waals surface area (Å²) in [5, 5.41) is 2.90. The molecule has 1 aromatic carbocycles. The molecular weight excluding hydrogens is 233 g/mol. The average molecular weight is 255 g/mol. The molecule has 96 valence electrons. The lowest BCUT2D eigenvalue weighted by Crippen LogP contribution is -2.27. The number of rotatable bonds is 7. The third-order valence-electron chi connectivity index (χ3n) is 2.67. The van der Waals surface area contributed by atoms with Crippen molar-refractivity contribution in [3.8, 4) is 0 Å². The van der Waals surface area contributed by atoms with Crippen LogP contribution in [-0.2, 0) is 11.0 Å². The molecule has 0 aromatic heterocycles. The summed E-state index contributed by atoms with van der Waals surface area (Å²) in [4.78, 5) is 0. The number of hydrogen-bond donors (Lipinski definition) is 2. The van der Waals surface area contributed by atoms with Gasteiger partial charge in [0.1, 0.15) is 0 Å². The Labute approximate surface area is 104 Å². The van der Waals surface area contributed by atoms with E-state index in [9.17, 15) is 4.57 Å². The highest BCUT2D eigenvalue weighted by molar-refractivity contribution is 7.56. The lowest BCUT2D eigenvalue weighted by Gasteiger charge is -2.20. The summed E-state index contributed by atoms with van der Waals surface area (Å²) in [7, 11) is 0.647. The number of nitrogens with two attached hydrogens (primary N) is 1. The first kappa shape index (κ1) is 14.4. The minimum absolute atomic E-state index is 0.693. The third-order valence-corrected chi connectivity index (χ3v) is 4.53. The van der Waals surface area contributed by atoms with Gasteiger partial charge >= 0.3 is 0 Å². The minimum atomic E-state index is -2.79. The molecule has 0 aliphatic rings. The van der Waals surface area contributed by atoms with Crippen molar-refractivity contribution in [1.29, 1.82) is 0 Å². The Morgan fingerprint density at radius 1 is 1.24 bits per heavy atom. The fourth-order valence-corrected chi connectivity index (χ4v) is 2.24. The molecule has 0 saturated carbocycles. The molecule has 1 rings (SSSR count). The van der Waals surface area contributed by atoms with E-state index in [4.69, 9.17) is 5.50 Å². The van der Waals surface area contributed by atoms with Crippen LogP contribution in [0.2, 0.25) is 0 Å². The predicted molar refractivity (Wildman–Crippen MR) is 72.9 cm³/mol. The first-order valence-corrected chi connectivity index (χ1v) is 7.61. The average Bonchev–Trinajstić information content (AvgIpc) is 2.29. The zero-order chi connectivity index (χ0) is 12.7. The predicted octanol–water partition coefficient (Wildman–Crippen LogP) is 2.23. The van der Waals surface area contributed by atoms with Crippen LogP contribution in [0.4, 0.5) is 0 Å². The van der Waals surface area contributed by atoms with Crippen molar-refractivity contribution in [3.05, 3.63) is 35.9 Å². The van der Waals surface area contributed by atoms with E-state index >= 15 is 0 Å². The molecule has 1 atom stereocenters. The molecule has 0 fully saturated rings. The maximum absolute atomic E-state index is 11.7. The van der Waals surface area contributed by atoms with Crippen molar-refractivity contribution in [2.24, 2.45) is 5.50 Å². The van der Waals surface area contributed by atoms with E-state index < -0.39 is 7.59 Å². The van der Waals surface area contributed by atoms with Crippen LogP contribution >= 0.6 is 7.59 Å². The van der Waals surface area contributed by atoms with Crippen molar-refractivity contribution in [1.82, 2.24) is 9.76 Å². The van der Waals surface area contributed by atoms with Crippen molar-refractivity contribution in [2.75, 3.05) is 20.6 Å². The largest absolute Gasteiger partial charge is 0.278 e. The number of nitrogens with zero attached hydrogens (tertiary/aromatic N) is 1. The second-order valence-electron chi connectivity index (χ2n) is 4.32. The van der Waals surface area contributed by atoms with E-state index in [2.05, 4.69) is 17.2 Å². The summed E-state index contributed by atoms with van der Waals surface area (Å²) in [5.74, 6) is 0. The molecule has 0 heterocycles. The van der Waals surface area contributed by atoms with E-state index in [0.29, 0.717) is 6.54 Å². The first-order chi connectivity index (χ1) is 8.02.